The summed E-state index contributed by atoms with van der Waals surface area (Å²) in [5.41, 5.74) is -0.995. The molecule has 0 spiro atoms. The summed E-state index contributed by atoms with van der Waals surface area (Å²) in [6.07, 6.45) is 1.64. The maximum absolute atomic E-state index is 12.2. The fraction of sp³-hybridized carbons (Fsp3) is 0.474. The van der Waals surface area contributed by atoms with Crippen molar-refractivity contribution >= 4 is 11.9 Å². The zero-order valence-electron chi connectivity index (χ0n) is 15.0. The Hall–Kier alpha value is -2.30. The second-order valence-electron chi connectivity index (χ2n) is 6.91. The highest BCUT2D eigenvalue weighted by Gasteiger charge is 2.34. The van der Waals surface area contributed by atoms with Gasteiger partial charge in [0.15, 0.2) is 5.60 Å². The smallest absolute Gasteiger partial charge is 0.350 e. The van der Waals surface area contributed by atoms with Crippen LogP contribution < -0.4 is 4.74 Å². The van der Waals surface area contributed by atoms with Gasteiger partial charge in [0.25, 0.3) is 0 Å². The van der Waals surface area contributed by atoms with E-state index in [0.717, 1.165) is 5.56 Å². The molecule has 0 saturated heterocycles. The second kappa shape index (κ2) is 7.99. The number of carbonyl (C=O) groups is 2. The molecule has 0 unspecified atom stereocenters. The van der Waals surface area contributed by atoms with E-state index >= 15 is 0 Å². The lowest BCUT2D eigenvalue weighted by molar-refractivity contribution is -0.171. The third kappa shape index (κ3) is 6.86. The molecule has 24 heavy (non-hydrogen) atoms. The van der Waals surface area contributed by atoms with Crippen LogP contribution in [0.15, 0.2) is 36.9 Å². The summed E-state index contributed by atoms with van der Waals surface area (Å²) in [5, 5.41) is 0. The Morgan fingerprint density at radius 3 is 2.42 bits per heavy atom. The van der Waals surface area contributed by atoms with Gasteiger partial charge in [-0.15, -0.1) is 0 Å². The Morgan fingerprint density at radius 1 is 1.17 bits per heavy atom. The third-order valence-corrected chi connectivity index (χ3v) is 2.87. The lowest BCUT2D eigenvalue weighted by Gasteiger charge is -2.29. The van der Waals surface area contributed by atoms with Crippen molar-refractivity contribution in [3.8, 4) is 5.75 Å². The van der Waals surface area contributed by atoms with Crippen LogP contribution in [0.5, 0.6) is 5.75 Å². The molecule has 1 rings (SSSR count). The van der Waals surface area contributed by atoms with Crippen molar-refractivity contribution in [2.24, 2.45) is 0 Å². The normalized spacial score (nSPS) is 11.5. The Labute approximate surface area is 143 Å². The predicted molar refractivity (Wildman–Crippen MR) is 91.9 cm³/mol. The molecular weight excluding hydrogens is 308 g/mol. The van der Waals surface area contributed by atoms with Crippen LogP contribution in [-0.4, -0.2) is 29.7 Å². The first kappa shape index (κ1) is 19.7. The largest absolute Gasteiger partial charge is 0.476 e. The van der Waals surface area contributed by atoms with Gasteiger partial charge < -0.3 is 14.2 Å². The van der Waals surface area contributed by atoms with Gasteiger partial charge in [-0.3, -0.25) is 4.79 Å². The summed E-state index contributed by atoms with van der Waals surface area (Å²) in [7, 11) is 0. The fourth-order valence-electron chi connectivity index (χ4n) is 1.83. The van der Waals surface area contributed by atoms with Crippen LogP contribution in [0, 0.1) is 0 Å². The van der Waals surface area contributed by atoms with E-state index in [0.29, 0.717) is 5.75 Å². The minimum atomic E-state index is -1.14. The molecule has 0 heterocycles. The maximum Gasteiger partial charge on any atom is 0.350 e. The van der Waals surface area contributed by atoms with E-state index in [9.17, 15) is 9.59 Å². The Bertz CT molecular complexity index is 596. The molecule has 132 valence electrons. The van der Waals surface area contributed by atoms with Gasteiger partial charge in [0, 0.05) is 0 Å². The summed E-state index contributed by atoms with van der Waals surface area (Å²) in [5.74, 6) is -0.316. The van der Waals surface area contributed by atoms with Gasteiger partial charge in [0.2, 0.25) is 0 Å². The second-order valence-corrected chi connectivity index (χ2v) is 6.91. The van der Waals surface area contributed by atoms with Crippen LogP contribution in [0.4, 0.5) is 0 Å². The number of benzene rings is 1. The van der Waals surface area contributed by atoms with Gasteiger partial charge in [-0.1, -0.05) is 24.8 Å². The molecule has 0 aromatic heterocycles. The van der Waals surface area contributed by atoms with Crippen molar-refractivity contribution in [3.05, 3.63) is 42.5 Å². The molecule has 5 heteroatoms. The van der Waals surface area contributed by atoms with Gasteiger partial charge in [0.1, 0.15) is 18.0 Å². The molecule has 0 radical (unpaired) electrons. The van der Waals surface area contributed by atoms with E-state index in [4.69, 9.17) is 14.2 Å². The summed E-state index contributed by atoms with van der Waals surface area (Å²) in [6.45, 7) is 12.4. The topological polar surface area (TPSA) is 61.8 Å². The average Bonchev–Trinajstić information content (AvgIpc) is 2.43. The van der Waals surface area contributed by atoms with Crippen LogP contribution in [0.1, 0.15) is 40.2 Å². The predicted octanol–water partition coefficient (Wildman–Crippen LogP) is 3.46. The number of esters is 2. The average molecular weight is 334 g/mol. The Morgan fingerprint density at radius 2 is 1.83 bits per heavy atom. The SMILES string of the molecule is C=CCOC(=O)Cc1cccc(OC(C)(C)C(=O)OC(C)(C)C)c1. The van der Waals surface area contributed by atoms with Crippen molar-refractivity contribution in [3.63, 3.8) is 0 Å². The molecule has 0 saturated carbocycles. The van der Waals surface area contributed by atoms with Crippen LogP contribution in [-0.2, 0) is 25.5 Å². The molecule has 0 fully saturated rings. The van der Waals surface area contributed by atoms with Crippen LogP contribution >= 0.6 is 0 Å². The van der Waals surface area contributed by atoms with E-state index in [1.807, 2.05) is 0 Å². The minimum absolute atomic E-state index is 0.123. The molecule has 1 aromatic rings. The molecule has 0 aliphatic heterocycles. The monoisotopic (exact) mass is 334 g/mol. The highest BCUT2D eigenvalue weighted by Crippen LogP contribution is 2.23. The van der Waals surface area contributed by atoms with E-state index in [1.165, 1.54) is 6.08 Å². The molecule has 0 N–H and O–H groups in total. The number of rotatable bonds is 7. The van der Waals surface area contributed by atoms with Crippen LogP contribution in [0.2, 0.25) is 0 Å². The van der Waals surface area contributed by atoms with Gasteiger partial charge >= 0.3 is 11.9 Å². The highest BCUT2D eigenvalue weighted by molar-refractivity contribution is 5.79. The first-order chi connectivity index (χ1) is 11.0. The first-order valence-corrected chi connectivity index (χ1v) is 7.81. The highest BCUT2D eigenvalue weighted by atomic mass is 16.6. The first-order valence-electron chi connectivity index (χ1n) is 7.81. The Balaban J connectivity index is 2.77. The molecule has 0 aliphatic rings. The summed E-state index contributed by atoms with van der Waals surface area (Å²) < 4.78 is 16.1. The number of ether oxygens (including phenoxy) is 3. The van der Waals surface area contributed by atoms with E-state index in [-0.39, 0.29) is 19.0 Å². The van der Waals surface area contributed by atoms with E-state index in [2.05, 4.69) is 6.58 Å². The van der Waals surface area contributed by atoms with Gasteiger partial charge in [0.05, 0.1) is 6.42 Å². The molecule has 0 atom stereocenters. The minimum Gasteiger partial charge on any atom is -0.476 e. The standard InChI is InChI=1S/C19H26O5/c1-7-11-22-16(20)13-14-9-8-10-15(12-14)23-19(5,6)17(21)24-18(2,3)4/h7-10,12H,1,11,13H2,2-6H3. The Kier molecular flexibility index (Phi) is 6.58. The van der Waals surface area contributed by atoms with Crippen molar-refractivity contribution in [2.45, 2.75) is 52.2 Å². The number of hydrogen-bond acceptors (Lipinski definition) is 5. The van der Waals surface area contributed by atoms with Gasteiger partial charge in [-0.25, -0.2) is 4.79 Å². The van der Waals surface area contributed by atoms with Crippen molar-refractivity contribution in [1.29, 1.82) is 0 Å². The summed E-state index contributed by atoms with van der Waals surface area (Å²) >= 11 is 0. The lowest BCUT2D eigenvalue weighted by atomic mass is 10.1. The van der Waals surface area contributed by atoms with Crippen LogP contribution in [0.3, 0.4) is 0 Å². The molecule has 1 aromatic carbocycles. The van der Waals surface area contributed by atoms with Gasteiger partial charge in [-0.05, 0) is 52.3 Å². The molecule has 5 nitrogen and oxygen atoms in total. The van der Waals surface area contributed by atoms with Crippen molar-refractivity contribution < 1.29 is 23.8 Å². The van der Waals surface area contributed by atoms with E-state index in [1.54, 1.807) is 58.9 Å². The van der Waals surface area contributed by atoms with Crippen molar-refractivity contribution in [1.82, 2.24) is 0 Å². The lowest BCUT2D eigenvalue weighted by Crippen LogP contribution is -2.43. The van der Waals surface area contributed by atoms with Gasteiger partial charge in [-0.2, -0.15) is 0 Å². The zero-order chi connectivity index (χ0) is 18.4. The molecule has 0 bridgehead atoms. The van der Waals surface area contributed by atoms with Crippen molar-refractivity contribution in [2.75, 3.05) is 6.61 Å². The third-order valence-electron chi connectivity index (χ3n) is 2.87. The number of hydrogen-bond donors (Lipinski definition) is 0. The zero-order valence-corrected chi connectivity index (χ0v) is 15.0. The fourth-order valence-corrected chi connectivity index (χ4v) is 1.83. The maximum atomic E-state index is 12.2. The molecule has 0 amide bonds. The quantitative estimate of drug-likeness (QED) is 0.564. The summed E-state index contributed by atoms with van der Waals surface area (Å²) in [6, 6.07) is 6.99. The number of carbonyl (C=O) groups excluding carboxylic acids is 2. The van der Waals surface area contributed by atoms with Crippen LogP contribution in [0.25, 0.3) is 0 Å². The van der Waals surface area contributed by atoms with E-state index < -0.39 is 17.2 Å². The molecular formula is C19H26O5. The summed E-state index contributed by atoms with van der Waals surface area (Å²) in [4.78, 5) is 23.9. The molecule has 0 aliphatic carbocycles.